The summed E-state index contributed by atoms with van der Waals surface area (Å²) in [6.45, 7) is 1.73. The van der Waals surface area contributed by atoms with Gasteiger partial charge in [0.25, 0.3) is 0 Å². The second-order valence-corrected chi connectivity index (χ2v) is 7.01. The van der Waals surface area contributed by atoms with Crippen molar-refractivity contribution in [3.8, 4) is 0 Å². The maximum atomic E-state index is 11.7. The van der Waals surface area contributed by atoms with Crippen molar-refractivity contribution in [3.63, 3.8) is 0 Å². The number of rotatable bonds is 8. The summed E-state index contributed by atoms with van der Waals surface area (Å²) in [6, 6.07) is -0.452. The molecule has 0 aromatic heterocycles. The van der Waals surface area contributed by atoms with E-state index in [0.29, 0.717) is 18.1 Å². The van der Waals surface area contributed by atoms with E-state index < -0.39 is 12.0 Å². The van der Waals surface area contributed by atoms with Crippen LogP contribution >= 0.6 is 11.8 Å². The molecule has 0 unspecified atom stereocenters. The van der Waals surface area contributed by atoms with Gasteiger partial charge in [0.2, 0.25) is 5.91 Å². The van der Waals surface area contributed by atoms with Gasteiger partial charge in [-0.3, -0.25) is 4.79 Å². The van der Waals surface area contributed by atoms with Crippen molar-refractivity contribution in [2.45, 2.75) is 62.4 Å². The van der Waals surface area contributed by atoms with Crippen LogP contribution in [0.2, 0.25) is 0 Å². The number of carboxylic acids is 1. The van der Waals surface area contributed by atoms with Crippen LogP contribution in [0.15, 0.2) is 0 Å². The van der Waals surface area contributed by atoms with Crippen LogP contribution in [0.1, 0.15) is 39.0 Å². The Morgan fingerprint density at radius 3 is 2.86 bits per heavy atom. The molecule has 2 saturated heterocycles. The molecule has 7 nitrogen and oxygen atoms in total. The summed E-state index contributed by atoms with van der Waals surface area (Å²) in [4.78, 5) is 33.8. The molecular formula is C14H23N3O4S. The molecule has 0 saturated carbocycles. The third kappa shape index (κ3) is 4.28. The summed E-state index contributed by atoms with van der Waals surface area (Å²) in [5, 5.41) is 17.7. The van der Waals surface area contributed by atoms with Gasteiger partial charge in [-0.2, -0.15) is 11.8 Å². The van der Waals surface area contributed by atoms with E-state index in [4.69, 9.17) is 5.11 Å². The zero-order chi connectivity index (χ0) is 16.1. The van der Waals surface area contributed by atoms with Crippen LogP contribution < -0.4 is 16.0 Å². The van der Waals surface area contributed by atoms with Crippen molar-refractivity contribution in [2.24, 2.45) is 0 Å². The fourth-order valence-corrected chi connectivity index (χ4v) is 4.42. The van der Waals surface area contributed by atoms with Crippen molar-refractivity contribution in [1.82, 2.24) is 16.0 Å². The van der Waals surface area contributed by atoms with Crippen LogP contribution in [0, 0.1) is 0 Å². The first-order valence-electron chi connectivity index (χ1n) is 7.72. The van der Waals surface area contributed by atoms with Crippen LogP contribution in [0.25, 0.3) is 0 Å². The fraction of sp³-hybridized carbons (Fsp3) is 0.786. The Labute approximate surface area is 134 Å². The number of urea groups is 1. The van der Waals surface area contributed by atoms with Crippen molar-refractivity contribution in [2.75, 3.05) is 5.75 Å². The lowest BCUT2D eigenvalue weighted by Gasteiger charge is -2.16. The van der Waals surface area contributed by atoms with E-state index in [-0.39, 0.29) is 24.0 Å². The highest BCUT2D eigenvalue weighted by Gasteiger charge is 2.42. The first-order chi connectivity index (χ1) is 10.5. The lowest BCUT2D eigenvalue weighted by molar-refractivity contribution is -0.141. The first-order valence-corrected chi connectivity index (χ1v) is 8.77. The smallest absolute Gasteiger partial charge is 0.326 e. The Balaban J connectivity index is 1.62. The van der Waals surface area contributed by atoms with E-state index in [9.17, 15) is 14.4 Å². The molecule has 0 spiro atoms. The molecule has 2 aliphatic heterocycles. The van der Waals surface area contributed by atoms with Gasteiger partial charge < -0.3 is 21.1 Å². The van der Waals surface area contributed by atoms with E-state index in [1.165, 1.54) is 0 Å². The van der Waals surface area contributed by atoms with E-state index in [1.807, 2.05) is 11.8 Å². The molecule has 2 heterocycles. The molecule has 3 amide bonds. The molecule has 124 valence electrons. The molecule has 2 aliphatic rings. The summed E-state index contributed by atoms with van der Waals surface area (Å²) in [6.07, 6.45) is 3.32. The number of unbranched alkanes of at least 4 members (excludes halogenated alkanes) is 1. The summed E-state index contributed by atoms with van der Waals surface area (Å²) in [5.74, 6) is -0.263. The number of fused-ring (bicyclic) bond motifs is 1. The third-order valence-corrected chi connectivity index (χ3v) is 5.63. The number of thioether (sulfide) groups is 1. The van der Waals surface area contributed by atoms with Crippen molar-refractivity contribution in [1.29, 1.82) is 0 Å². The van der Waals surface area contributed by atoms with Gasteiger partial charge in [0.05, 0.1) is 12.1 Å². The average molecular weight is 329 g/mol. The SMILES string of the molecule is CC[C@@H](NC(=O)CCCC[C@@H]1SC[C@H]2NC(=O)N[C@H]12)C(=O)O. The predicted molar refractivity (Wildman–Crippen MR) is 83.8 cm³/mol. The summed E-state index contributed by atoms with van der Waals surface area (Å²) < 4.78 is 0. The number of hydrogen-bond acceptors (Lipinski definition) is 4. The van der Waals surface area contributed by atoms with Gasteiger partial charge in [-0.15, -0.1) is 0 Å². The minimum Gasteiger partial charge on any atom is -0.480 e. The van der Waals surface area contributed by atoms with Crippen molar-refractivity contribution >= 4 is 29.7 Å². The molecule has 2 rings (SSSR count). The van der Waals surface area contributed by atoms with Gasteiger partial charge in [0.1, 0.15) is 6.04 Å². The lowest BCUT2D eigenvalue weighted by atomic mass is 10.0. The van der Waals surface area contributed by atoms with Crippen LogP contribution in [-0.2, 0) is 9.59 Å². The lowest BCUT2D eigenvalue weighted by Crippen LogP contribution is -2.40. The second kappa shape index (κ2) is 7.71. The highest BCUT2D eigenvalue weighted by atomic mass is 32.2. The molecule has 4 N–H and O–H groups in total. The molecule has 0 aromatic carbocycles. The molecule has 0 aromatic rings. The molecule has 0 radical (unpaired) electrons. The van der Waals surface area contributed by atoms with E-state index in [1.54, 1.807) is 6.92 Å². The topological polar surface area (TPSA) is 108 Å². The summed E-state index contributed by atoms with van der Waals surface area (Å²) in [7, 11) is 0. The Bertz CT molecular complexity index is 446. The van der Waals surface area contributed by atoms with Gasteiger partial charge >= 0.3 is 12.0 Å². The minimum atomic E-state index is -0.992. The normalized spacial score (nSPS) is 27.7. The molecule has 0 bridgehead atoms. The number of nitrogens with one attached hydrogen (secondary N) is 3. The molecular weight excluding hydrogens is 306 g/mol. The second-order valence-electron chi connectivity index (χ2n) is 5.73. The number of amides is 3. The zero-order valence-electron chi connectivity index (χ0n) is 12.6. The predicted octanol–water partition coefficient (Wildman–Crippen LogP) is 0.692. The minimum absolute atomic E-state index is 0.0843. The number of carboxylic acid groups (broad SMARTS) is 1. The van der Waals surface area contributed by atoms with E-state index in [0.717, 1.165) is 25.0 Å². The quantitative estimate of drug-likeness (QED) is 0.387. The van der Waals surface area contributed by atoms with Crippen LogP contribution in [0.5, 0.6) is 0 Å². The maximum Gasteiger partial charge on any atom is 0.326 e. The molecule has 0 aliphatic carbocycles. The standard InChI is InChI=1S/C14H23N3O4S/c1-2-8(13(19)20)15-11(18)6-4-3-5-10-12-9(7-22-10)16-14(21)17-12/h8-10,12H,2-7H2,1H3,(H,15,18)(H,19,20)(H2,16,17,21)/t8-,9-,10+,12+/m1/s1. The molecule has 4 atom stereocenters. The Hall–Kier alpha value is -1.44. The molecule has 22 heavy (non-hydrogen) atoms. The molecule has 2 fully saturated rings. The van der Waals surface area contributed by atoms with Gasteiger partial charge in [0.15, 0.2) is 0 Å². The highest BCUT2D eigenvalue weighted by molar-refractivity contribution is 8.00. The van der Waals surface area contributed by atoms with Crippen molar-refractivity contribution < 1.29 is 19.5 Å². The highest BCUT2D eigenvalue weighted by Crippen LogP contribution is 2.33. The number of aliphatic carboxylic acids is 1. The van der Waals surface area contributed by atoms with Gasteiger partial charge in [-0.1, -0.05) is 13.3 Å². The van der Waals surface area contributed by atoms with Gasteiger partial charge in [-0.05, 0) is 19.3 Å². The molecule has 8 heteroatoms. The van der Waals surface area contributed by atoms with Crippen LogP contribution in [0.4, 0.5) is 4.79 Å². The zero-order valence-corrected chi connectivity index (χ0v) is 13.4. The largest absolute Gasteiger partial charge is 0.480 e. The van der Waals surface area contributed by atoms with Gasteiger partial charge in [0, 0.05) is 17.4 Å². The van der Waals surface area contributed by atoms with Crippen LogP contribution in [-0.4, -0.2) is 52.1 Å². The Kier molecular flexibility index (Phi) is 5.93. The Morgan fingerprint density at radius 2 is 2.18 bits per heavy atom. The third-order valence-electron chi connectivity index (χ3n) is 4.12. The van der Waals surface area contributed by atoms with E-state index in [2.05, 4.69) is 16.0 Å². The number of carbonyl (C=O) groups is 3. The number of carbonyl (C=O) groups excluding carboxylic acids is 2. The Morgan fingerprint density at radius 1 is 1.41 bits per heavy atom. The van der Waals surface area contributed by atoms with E-state index >= 15 is 0 Å². The monoisotopic (exact) mass is 329 g/mol. The van der Waals surface area contributed by atoms with Gasteiger partial charge in [-0.25, -0.2) is 9.59 Å². The summed E-state index contributed by atoms with van der Waals surface area (Å²) >= 11 is 1.86. The number of hydrogen-bond donors (Lipinski definition) is 4. The van der Waals surface area contributed by atoms with Crippen molar-refractivity contribution in [3.05, 3.63) is 0 Å². The maximum absolute atomic E-state index is 11.7. The summed E-state index contributed by atoms with van der Waals surface area (Å²) in [5.41, 5.74) is 0. The first kappa shape index (κ1) is 16.9. The average Bonchev–Trinajstić information content (AvgIpc) is 3.00. The fourth-order valence-electron chi connectivity index (χ4n) is 2.88. The van der Waals surface area contributed by atoms with Crippen LogP contribution in [0.3, 0.4) is 0 Å².